The average Bonchev–Trinajstić information content (AvgIpc) is 3.22. The second-order valence-corrected chi connectivity index (χ2v) is 7.11. The lowest BCUT2D eigenvalue weighted by Gasteiger charge is -2.12. The van der Waals surface area contributed by atoms with Gasteiger partial charge in [0.25, 0.3) is 5.91 Å². The van der Waals surface area contributed by atoms with E-state index in [-0.39, 0.29) is 12.5 Å². The lowest BCUT2D eigenvalue weighted by atomic mass is 10.3. The van der Waals surface area contributed by atoms with Gasteiger partial charge in [0.1, 0.15) is 34.6 Å². The summed E-state index contributed by atoms with van der Waals surface area (Å²) in [5.41, 5.74) is 0.363. The molecule has 2 heterocycles. The summed E-state index contributed by atoms with van der Waals surface area (Å²) in [4.78, 5) is 14.0. The molecule has 2 aromatic rings. The Hall–Kier alpha value is -2.06. The number of furan rings is 1. The molecule has 0 unspecified atom stereocenters. The van der Waals surface area contributed by atoms with Gasteiger partial charge in [-0.1, -0.05) is 29.3 Å². The van der Waals surface area contributed by atoms with Crippen LogP contribution in [0.25, 0.3) is 6.08 Å². The Bertz CT molecular complexity index is 913. The van der Waals surface area contributed by atoms with Crippen molar-refractivity contribution in [2.75, 3.05) is 20.3 Å². The number of nitrogens with one attached hydrogen (secondary N) is 1. The number of methoxy groups -OCH3 is 1. The quantitative estimate of drug-likeness (QED) is 0.375. The van der Waals surface area contributed by atoms with Crippen molar-refractivity contribution < 1.29 is 18.7 Å². The zero-order chi connectivity index (χ0) is 20.1. The molecule has 3 rings (SSSR count). The number of thiocarbonyl (C=S) groups is 1. The summed E-state index contributed by atoms with van der Waals surface area (Å²) >= 11 is 17.3. The molecule has 1 saturated heterocycles. The number of hydrogen-bond acceptors (Lipinski definition) is 5. The number of carbonyl (C=O) groups is 1. The molecule has 0 saturated carbocycles. The molecule has 1 aliphatic rings. The third-order valence-corrected chi connectivity index (χ3v) is 5.07. The van der Waals surface area contributed by atoms with Crippen LogP contribution in [0.15, 0.2) is 40.4 Å². The highest BCUT2D eigenvalue weighted by molar-refractivity contribution is 7.80. The summed E-state index contributed by atoms with van der Waals surface area (Å²) in [7, 11) is 1.62. The summed E-state index contributed by atoms with van der Waals surface area (Å²) in [6, 6.07) is 8.67. The summed E-state index contributed by atoms with van der Waals surface area (Å²) < 4.78 is 16.4. The minimum Gasteiger partial charge on any atom is -0.484 e. The van der Waals surface area contributed by atoms with Gasteiger partial charge in [-0.3, -0.25) is 9.69 Å². The van der Waals surface area contributed by atoms with Gasteiger partial charge < -0.3 is 19.2 Å². The van der Waals surface area contributed by atoms with E-state index in [2.05, 4.69) is 5.32 Å². The Kier molecular flexibility index (Phi) is 6.96. The third kappa shape index (κ3) is 4.86. The minimum absolute atomic E-state index is 0.173. The van der Waals surface area contributed by atoms with Crippen molar-refractivity contribution in [3.63, 3.8) is 0 Å². The van der Waals surface area contributed by atoms with E-state index in [9.17, 15) is 4.79 Å². The maximum Gasteiger partial charge on any atom is 0.276 e. The molecular formula is C19H18Cl2N2O4S. The molecule has 1 aromatic carbocycles. The number of benzene rings is 1. The van der Waals surface area contributed by atoms with Crippen molar-refractivity contribution in [1.82, 2.24) is 10.2 Å². The van der Waals surface area contributed by atoms with Gasteiger partial charge in [0, 0.05) is 26.3 Å². The smallest absolute Gasteiger partial charge is 0.276 e. The summed E-state index contributed by atoms with van der Waals surface area (Å²) in [5.74, 6) is 1.36. The van der Waals surface area contributed by atoms with E-state index in [1.165, 1.54) is 4.90 Å². The zero-order valence-electron chi connectivity index (χ0n) is 15.0. The molecule has 6 nitrogen and oxygen atoms in total. The van der Waals surface area contributed by atoms with Crippen molar-refractivity contribution >= 4 is 52.5 Å². The molecule has 0 bridgehead atoms. The van der Waals surface area contributed by atoms with Crippen LogP contribution in [0.1, 0.15) is 17.9 Å². The van der Waals surface area contributed by atoms with Crippen LogP contribution >= 0.6 is 35.4 Å². The molecule has 1 aliphatic heterocycles. The maximum atomic E-state index is 12.5. The molecule has 1 aromatic heterocycles. The number of ether oxygens (including phenoxy) is 2. The fourth-order valence-electron chi connectivity index (χ4n) is 2.58. The first-order valence-corrected chi connectivity index (χ1v) is 9.65. The van der Waals surface area contributed by atoms with Gasteiger partial charge in [0.05, 0.1) is 5.02 Å². The van der Waals surface area contributed by atoms with E-state index in [4.69, 9.17) is 49.3 Å². The first-order chi connectivity index (χ1) is 13.5. The van der Waals surface area contributed by atoms with Crippen molar-refractivity contribution in [2.24, 2.45) is 0 Å². The molecule has 0 aliphatic carbocycles. The summed E-state index contributed by atoms with van der Waals surface area (Å²) in [6.45, 7) is 1.23. The first-order valence-electron chi connectivity index (χ1n) is 8.48. The fraction of sp³-hybridized carbons (Fsp3) is 0.263. The summed E-state index contributed by atoms with van der Waals surface area (Å²) in [6.07, 6.45) is 2.31. The van der Waals surface area contributed by atoms with Gasteiger partial charge >= 0.3 is 0 Å². The lowest BCUT2D eigenvalue weighted by molar-refractivity contribution is -0.122. The highest BCUT2D eigenvalue weighted by Gasteiger charge is 2.30. The van der Waals surface area contributed by atoms with Crippen LogP contribution in [0.5, 0.6) is 5.75 Å². The van der Waals surface area contributed by atoms with E-state index in [0.29, 0.717) is 57.7 Å². The Morgan fingerprint density at radius 1 is 1.29 bits per heavy atom. The topological polar surface area (TPSA) is 63.9 Å². The molecule has 1 fully saturated rings. The van der Waals surface area contributed by atoms with E-state index in [1.807, 2.05) is 0 Å². The standard InChI is InChI=1S/C19H18Cl2N2O4S/c1-25-9-3-8-23-18(24)15(22-19(23)28)10-12-6-7-13(27-12)11-26-16-5-2-4-14(20)17(16)21/h2,4-7,10H,3,8-9,11H2,1H3,(H,22,28)/b15-10+. The molecule has 9 heteroatoms. The molecule has 0 spiro atoms. The van der Waals surface area contributed by atoms with Crippen LogP contribution in [-0.2, 0) is 16.1 Å². The van der Waals surface area contributed by atoms with E-state index >= 15 is 0 Å². The average molecular weight is 441 g/mol. The SMILES string of the molecule is COCCCN1C(=O)/C(=C\c2ccc(COc3cccc(Cl)c3Cl)o2)NC1=S. The first kappa shape index (κ1) is 20.7. The fourth-order valence-corrected chi connectivity index (χ4v) is 3.21. The largest absolute Gasteiger partial charge is 0.484 e. The number of nitrogens with zero attached hydrogens (tertiary/aromatic N) is 1. The van der Waals surface area contributed by atoms with Gasteiger partial charge in [-0.05, 0) is 42.9 Å². The monoisotopic (exact) mass is 440 g/mol. The van der Waals surface area contributed by atoms with Crippen LogP contribution in [0.2, 0.25) is 10.0 Å². The zero-order valence-corrected chi connectivity index (χ0v) is 17.4. The van der Waals surface area contributed by atoms with Crippen LogP contribution in [-0.4, -0.2) is 36.2 Å². The predicted molar refractivity (Wildman–Crippen MR) is 111 cm³/mol. The van der Waals surface area contributed by atoms with Gasteiger partial charge in [-0.15, -0.1) is 0 Å². The predicted octanol–water partition coefficient (Wildman–Crippen LogP) is 4.26. The van der Waals surface area contributed by atoms with E-state index in [1.54, 1.807) is 43.5 Å². The number of amides is 1. The Morgan fingerprint density at radius 3 is 2.89 bits per heavy atom. The Labute approximate surface area is 178 Å². The number of carbonyl (C=O) groups excluding carboxylic acids is 1. The van der Waals surface area contributed by atoms with Crippen LogP contribution in [0.3, 0.4) is 0 Å². The second kappa shape index (κ2) is 9.43. The second-order valence-electron chi connectivity index (χ2n) is 5.94. The van der Waals surface area contributed by atoms with Gasteiger partial charge in [-0.25, -0.2) is 0 Å². The normalized spacial score (nSPS) is 15.4. The van der Waals surface area contributed by atoms with Crippen LogP contribution in [0.4, 0.5) is 0 Å². The highest BCUT2D eigenvalue weighted by atomic mass is 35.5. The van der Waals surface area contributed by atoms with Gasteiger partial charge in [0.15, 0.2) is 5.11 Å². The van der Waals surface area contributed by atoms with Crippen LogP contribution in [0, 0.1) is 0 Å². The molecule has 0 atom stereocenters. The number of rotatable bonds is 8. The molecule has 1 amide bonds. The minimum atomic E-state index is -0.194. The lowest BCUT2D eigenvalue weighted by Crippen LogP contribution is -2.32. The summed E-state index contributed by atoms with van der Waals surface area (Å²) in [5, 5.41) is 4.05. The van der Waals surface area contributed by atoms with Crippen molar-refractivity contribution in [2.45, 2.75) is 13.0 Å². The maximum absolute atomic E-state index is 12.5. The molecule has 148 valence electrons. The van der Waals surface area contributed by atoms with E-state index in [0.717, 1.165) is 0 Å². The van der Waals surface area contributed by atoms with Gasteiger partial charge in [-0.2, -0.15) is 0 Å². The van der Waals surface area contributed by atoms with Crippen molar-refractivity contribution in [3.05, 3.63) is 57.6 Å². The third-order valence-electron chi connectivity index (χ3n) is 3.95. The Morgan fingerprint density at radius 2 is 2.11 bits per heavy atom. The van der Waals surface area contributed by atoms with Crippen LogP contribution < -0.4 is 10.1 Å². The van der Waals surface area contributed by atoms with Gasteiger partial charge in [0.2, 0.25) is 0 Å². The molecule has 1 N–H and O–H groups in total. The molecule has 28 heavy (non-hydrogen) atoms. The molecule has 0 radical (unpaired) electrons. The highest BCUT2D eigenvalue weighted by Crippen LogP contribution is 2.32. The Balaban J connectivity index is 1.63. The number of halogens is 2. The van der Waals surface area contributed by atoms with Crippen molar-refractivity contribution in [1.29, 1.82) is 0 Å². The van der Waals surface area contributed by atoms with Crippen molar-refractivity contribution in [3.8, 4) is 5.75 Å². The van der Waals surface area contributed by atoms with E-state index < -0.39 is 0 Å². The number of hydrogen-bond donors (Lipinski definition) is 1. The molecular weight excluding hydrogens is 423 g/mol.